The normalized spacial score (nSPS) is 17.3. The van der Waals surface area contributed by atoms with E-state index in [-0.39, 0.29) is 11.5 Å². The van der Waals surface area contributed by atoms with E-state index in [2.05, 4.69) is 4.98 Å². The van der Waals surface area contributed by atoms with Crippen LogP contribution in [0.1, 0.15) is 16.8 Å². The van der Waals surface area contributed by atoms with Crippen molar-refractivity contribution >= 4 is 51.0 Å². The van der Waals surface area contributed by atoms with Gasteiger partial charge in [0.15, 0.2) is 12.4 Å². The summed E-state index contributed by atoms with van der Waals surface area (Å²) in [6.07, 6.45) is 0.781. The first-order valence-electron chi connectivity index (χ1n) is 9.43. The van der Waals surface area contributed by atoms with Crippen molar-refractivity contribution in [2.24, 2.45) is 0 Å². The van der Waals surface area contributed by atoms with Gasteiger partial charge in [-0.1, -0.05) is 17.7 Å². The van der Waals surface area contributed by atoms with Gasteiger partial charge in [-0.2, -0.15) is 10.6 Å². The van der Waals surface area contributed by atoms with E-state index >= 15 is 0 Å². The molecule has 31 heavy (non-hydrogen) atoms. The second-order valence-corrected chi connectivity index (χ2v) is 11.3. The molecule has 162 valence electrons. The average molecular weight is 480 g/mol. The summed E-state index contributed by atoms with van der Waals surface area (Å²) < 4.78 is 26.7. The number of anilines is 2. The molecule has 4 heterocycles. The third-order valence-corrected chi connectivity index (χ3v) is 7.89. The Kier molecular flexibility index (Phi) is 5.06. The molecule has 2 aliphatic heterocycles. The number of carboxylic acid groups (broad SMARTS) is 1. The van der Waals surface area contributed by atoms with Crippen LogP contribution in [0, 0.1) is 0 Å². The van der Waals surface area contributed by atoms with Crippen LogP contribution in [-0.2, 0) is 22.7 Å². The van der Waals surface area contributed by atoms with Gasteiger partial charge in [-0.25, -0.2) is 14.8 Å². The summed E-state index contributed by atoms with van der Waals surface area (Å²) in [5, 5.41) is 8.89. The van der Waals surface area contributed by atoms with Gasteiger partial charge in [0, 0.05) is 23.9 Å². The molecule has 0 amide bonds. The molecule has 0 saturated heterocycles. The van der Waals surface area contributed by atoms with Gasteiger partial charge >= 0.3 is 5.97 Å². The number of hydrogen-bond acceptors (Lipinski definition) is 8. The molecule has 0 saturated carbocycles. The van der Waals surface area contributed by atoms with Gasteiger partial charge in [-0.3, -0.25) is 9.11 Å². The molecule has 1 aromatic carbocycles. The number of carboxylic acids is 1. The van der Waals surface area contributed by atoms with Gasteiger partial charge in [0.2, 0.25) is 0 Å². The molecule has 11 heteroatoms. The minimum atomic E-state index is -2.80. The van der Waals surface area contributed by atoms with Gasteiger partial charge in [0.25, 0.3) is 0 Å². The number of benzene rings is 1. The molecule has 5 rings (SSSR count). The van der Waals surface area contributed by atoms with Crippen molar-refractivity contribution in [3.63, 3.8) is 0 Å². The molecule has 0 unspecified atom stereocenters. The lowest BCUT2D eigenvalue weighted by atomic mass is 10.1. The Morgan fingerprint density at radius 3 is 2.81 bits per heavy atom. The van der Waals surface area contributed by atoms with E-state index in [1.807, 2.05) is 17.0 Å². The van der Waals surface area contributed by atoms with Crippen LogP contribution in [0.25, 0.3) is 10.7 Å². The van der Waals surface area contributed by atoms with Crippen LogP contribution >= 0.6 is 33.5 Å². The molecule has 0 bridgehead atoms. The van der Waals surface area contributed by atoms with Crippen molar-refractivity contribution in [3.05, 3.63) is 51.5 Å². The highest BCUT2D eigenvalue weighted by Crippen LogP contribution is 2.55. The summed E-state index contributed by atoms with van der Waals surface area (Å²) in [6, 6.07) is 9.10. The standard InChI is InChI=1S/C20H18ClN3O5S2/c21-17-4-3-16(30-17)19-22-14-10-31(27,28)9-13(14)20(23-19)24-6-5-11-1-2-12(7-15(11)24)29-8-18(25)26/h1-4,7,27-28H,5-6,8-10H2,(H,25,26). The Balaban J connectivity index is 1.59. The molecule has 0 fully saturated rings. The molecule has 2 aliphatic rings. The van der Waals surface area contributed by atoms with E-state index < -0.39 is 23.2 Å². The molecule has 8 nitrogen and oxygen atoms in total. The molecule has 3 N–H and O–H groups in total. The first kappa shape index (κ1) is 20.5. The SMILES string of the molecule is O=C(O)COc1ccc2c(c1)N(c1nc(-c3ccc(Cl)s3)nc3c1CS(O)(O)C3)CC2. The third kappa shape index (κ3) is 3.97. The van der Waals surface area contributed by atoms with E-state index in [0.717, 1.165) is 28.1 Å². The highest BCUT2D eigenvalue weighted by Gasteiger charge is 2.34. The van der Waals surface area contributed by atoms with E-state index in [4.69, 9.17) is 26.4 Å². The monoisotopic (exact) mass is 479 g/mol. The fourth-order valence-corrected chi connectivity index (χ4v) is 6.38. The average Bonchev–Trinajstić information content (AvgIpc) is 3.40. The Bertz CT molecular complexity index is 1200. The molecule has 0 atom stereocenters. The number of fused-ring (bicyclic) bond motifs is 2. The number of aliphatic carboxylic acids is 1. The maximum Gasteiger partial charge on any atom is 0.341 e. The number of thiophene rings is 1. The van der Waals surface area contributed by atoms with Crippen molar-refractivity contribution < 1.29 is 23.7 Å². The number of hydrogen-bond donors (Lipinski definition) is 3. The molecule has 0 radical (unpaired) electrons. The van der Waals surface area contributed by atoms with Crippen LogP contribution in [0.2, 0.25) is 4.34 Å². The molecule has 0 aliphatic carbocycles. The van der Waals surface area contributed by atoms with Crippen LogP contribution < -0.4 is 9.64 Å². The highest BCUT2D eigenvalue weighted by atomic mass is 35.5. The van der Waals surface area contributed by atoms with E-state index in [9.17, 15) is 13.9 Å². The Hall–Kier alpha value is -2.37. The van der Waals surface area contributed by atoms with Gasteiger partial charge in [0.05, 0.1) is 26.4 Å². The molecule has 3 aromatic rings. The largest absolute Gasteiger partial charge is 0.482 e. The summed E-state index contributed by atoms with van der Waals surface area (Å²) >= 11 is 7.46. The number of ether oxygens (including phenoxy) is 1. The zero-order valence-electron chi connectivity index (χ0n) is 16.1. The van der Waals surface area contributed by atoms with Crippen LogP contribution in [0.15, 0.2) is 30.3 Å². The minimum Gasteiger partial charge on any atom is -0.482 e. The smallest absolute Gasteiger partial charge is 0.341 e. The second-order valence-electron chi connectivity index (χ2n) is 7.37. The predicted molar refractivity (Wildman–Crippen MR) is 121 cm³/mol. The summed E-state index contributed by atoms with van der Waals surface area (Å²) in [6.45, 7) is 0.233. The molecular formula is C20H18ClN3O5S2. The Morgan fingerprint density at radius 2 is 2.06 bits per heavy atom. The second kappa shape index (κ2) is 7.64. The fourth-order valence-electron chi connectivity index (χ4n) is 3.87. The zero-order valence-corrected chi connectivity index (χ0v) is 18.5. The van der Waals surface area contributed by atoms with Crippen molar-refractivity contribution in [2.75, 3.05) is 18.1 Å². The third-order valence-electron chi connectivity index (χ3n) is 5.18. The van der Waals surface area contributed by atoms with Crippen molar-refractivity contribution in [2.45, 2.75) is 17.9 Å². The highest BCUT2D eigenvalue weighted by molar-refractivity contribution is 8.23. The molecule has 0 spiro atoms. The van der Waals surface area contributed by atoms with E-state index in [1.165, 1.54) is 11.3 Å². The lowest BCUT2D eigenvalue weighted by Crippen LogP contribution is -2.18. The van der Waals surface area contributed by atoms with Crippen molar-refractivity contribution in [3.8, 4) is 16.5 Å². The molecule has 2 aromatic heterocycles. The van der Waals surface area contributed by atoms with Crippen LogP contribution in [0.5, 0.6) is 5.75 Å². The fraction of sp³-hybridized carbons (Fsp3) is 0.250. The quantitative estimate of drug-likeness (QED) is 0.478. The first-order valence-corrected chi connectivity index (χ1v) is 12.5. The number of halogens is 1. The van der Waals surface area contributed by atoms with Crippen LogP contribution in [-0.4, -0.2) is 43.3 Å². The lowest BCUT2D eigenvalue weighted by molar-refractivity contribution is -0.139. The maximum atomic E-state index is 10.8. The summed E-state index contributed by atoms with van der Waals surface area (Å²) in [4.78, 5) is 23.1. The predicted octanol–water partition coefficient (Wildman–Crippen LogP) is 4.78. The minimum absolute atomic E-state index is 0.104. The van der Waals surface area contributed by atoms with E-state index in [0.29, 0.717) is 34.0 Å². The lowest BCUT2D eigenvalue weighted by Gasteiger charge is -2.25. The first-order chi connectivity index (χ1) is 14.8. The number of aromatic nitrogens is 2. The maximum absolute atomic E-state index is 10.8. The Labute approximate surface area is 188 Å². The summed E-state index contributed by atoms with van der Waals surface area (Å²) in [7, 11) is -2.80. The topological polar surface area (TPSA) is 116 Å². The van der Waals surface area contributed by atoms with Crippen LogP contribution in [0.4, 0.5) is 11.5 Å². The van der Waals surface area contributed by atoms with E-state index in [1.54, 1.807) is 18.2 Å². The van der Waals surface area contributed by atoms with Gasteiger partial charge in [-0.05, 0) is 30.2 Å². The van der Waals surface area contributed by atoms with Crippen LogP contribution in [0.3, 0.4) is 0 Å². The van der Waals surface area contributed by atoms with Crippen molar-refractivity contribution in [1.29, 1.82) is 0 Å². The number of carbonyl (C=O) groups is 1. The van der Waals surface area contributed by atoms with Gasteiger partial charge in [0.1, 0.15) is 11.6 Å². The number of rotatable bonds is 5. The van der Waals surface area contributed by atoms with Gasteiger partial charge in [-0.15, -0.1) is 11.3 Å². The molecular weight excluding hydrogens is 462 g/mol. The summed E-state index contributed by atoms with van der Waals surface area (Å²) in [5.41, 5.74) is 3.31. The number of nitrogens with zero attached hydrogens (tertiary/aromatic N) is 3. The van der Waals surface area contributed by atoms with Gasteiger partial charge < -0.3 is 14.7 Å². The summed E-state index contributed by atoms with van der Waals surface area (Å²) in [5.74, 6) is 0.755. The zero-order chi connectivity index (χ0) is 21.8. The Morgan fingerprint density at radius 1 is 1.23 bits per heavy atom. The van der Waals surface area contributed by atoms with Crippen molar-refractivity contribution in [1.82, 2.24) is 9.97 Å².